The minimum Gasteiger partial charge on any atom is -0.481 e. The van der Waals surface area contributed by atoms with E-state index in [1.807, 2.05) is 4.90 Å². The van der Waals surface area contributed by atoms with Crippen molar-refractivity contribution in [3.63, 3.8) is 0 Å². The first kappa shape index (κ1) is 17.2. The number of pyridine rings is 1. The fourth-order valence-electron chi connectivity index (χ4n) is 4.03. The minimum atomic E-state index is 0.0669. The number of aromatic nitrogens is 1. The molecule has 2 saturated heterocycles. The maximum atomic E-state index is 12.9. The van der Waals surface area contributed by atoms with Crippen LogP contribution in [0.3, 0.4) is 0 Å². The van der Waals surface area contributed by atoms with E-state index < -0.39 is 0 Å². The van der Waals surface area contributed by atoms with Crippen molar-refractivity contribution < 1.29 is 14.3 Å². The van der Waals surface area contributed by atoms with Crippen LogP contribution in [0.25, 0.3) is 0 Å². The molecule has 1 atom stereocenters. The maximum Gasteiger partial charge on any atom is 0.255 e. The summed E-state index contributed by atoms with van der Waals surface area (Å²) in [5.74, 6) is 1.09. The van der Waals surface area contributed by atoms with Crippen molar-refractivity contribution in [1.29, 1.82) is 0 Å². The lowest BCUT2D eigenvalue weighted by molar-refractivity contribution is -0.00451. The standard InChI is InChI=1S/C18H27N3O3/c1-20(2)11-15-12-21(13-18(15)6-8-24-9-7-18)17(22)14-4-5-16(23-3)19-10-14/h4-5,10,15H,6-9,11-13H2,1-3H3/t15-/m0/s1. The van der Waals surface area contributed by atoms with Gasteiger partial charge in [-0.3, -0.25) is 4.79 Å². The Morgan fingerprint density at radius 3 is 2.75 bits per heavy atom. The lowest BCUT2D eigenvalue weighted by Crippen LogP contribution is -2.40. The third kappa shape index (κ3) is 3.39. The molecule has 2 fully saturated rings. The summed E-state index contributed by atoms with van der Waals surface area (Å²) in [7, 11) is 5.78. The van der Waals surface area contributed by atoms with Crippen LogP contribution in [0, 0.1) is 11.3 Å². The highest BCUT2D eigenvalue weighted by atomic mass is 16.5. The van der Waals surface area contributed by atoms with Gasteiger partial charge in [0.2, 0.25) is 5.88 Å². The van der Waals surface area contributed by atoms with E-state index in [9.17, 15) is 4.79 Å². The van der Waals surface area contributed by atoms with Crippen molar-refractivity contribution in [2.75, 3.05) is 54.1 Å². The Kier molecular flexibility index (Phi) is 5.06. The summed E-state index contributed by atoms with van der Waals surface area (Å²) in [6.07, 6.45) is 3.68. The molecule has 6 heteroatoms. The molecule has 0 aromatic carbocycles. The Morgan fingerprint density at radius 2 is 2.17 bits per heavy atom. The van der Waals surface area contributed by atoms with Gasteiger partial charge in [0.05, 0.1) is 12.7 Å². The average molecular weight is 333 g/mol. The van der Waals surface area contributed by atoms with E-state index in [2.05, 4.69) is 24.0 Å². The van der Waals surface area contributed by atoms with Gasteiger partial charge in [-0.1, -0.05) is 0 Å². The summed E-state index contributed by atoms with van der Waals surface area (Å²) in [5, 5.41) is 0. The van der Waals surface area contributed by atoms with Gasteiger partial charge in [-0.25, -0.2) is 4.98 Å². The van der Waals surface area contributed by atoms with Crippen LogP contribution in [-0.4, -0.2) is 74.7 Å². The molecule has 132 valence electrons. The summed E-state index contributed by atoms with van der Waals surface area (Å²) >= 11 is 0. The van der Waals surface area contributed by atoms with Crippen LogP contribution in [0.1, 0.15) is 23.2 Å². The molecule has 0 N–H and O–H groups in total. The zero-order valence-corrected chi connectivity index (χ0v) is 14.8. The molecule has 3 rings (SSSR count). The normalized spacial score (nSPS) is 23.0. The topological polar surface area (TPSA) is 54.9 Å². The summed E-state index contributed by atoms with van der Waals surface area (Å²) in [4.78, 5) is 21.3. The molecule has 1 aromatic rings. The molecular formula is C18H27N3O3. The molecule has 2 aliphatic rings. The number of carbonyl (C=O) groups excluding carboxylic acids is 1. The number of amides is 1. The third-order valence-corrected chi connectivity index (χ3v) is 5.37. The molecule has 0 bridgehead atoms. The highest BCUT2D eigenvalue weighted by Crippen LogP contribution is 2.44. The van der Waals surface area contributed by atoms with E-state index in [0.29, 0.717) is 17.4 Å². The fraction of sp³-hybridized carbons (Fsp3) is 0.667. The van der Waals surface area contributed by atoms with Crippen LogP contribution in [0.15, 0.2) is 18.3 Å². The number of nitrogens with zero attached hydrogens (tertiary/aromatic N) is 3. The van der Waals surface area contributed by atoms with E-state index in [1.54, 1.807) is 25.4 Å². The number of likely N-dealkylation sites (tertiary alicyclic amines) is 1. The average Bonchev–Trinajstić information content (AvgIpc) is 2.92. The zero-order valence-electron chi connectivity index (χ0n) is 14.8. The van der Waals surface area contributed by atoms with Gasteiger partial charge in [0, 0.05) is 45.1 Å². The van der Waals surface area contributed by atoms with Crippen LogP contribution in [0.2, 0.25) is 0 Å². The predicted molar refractivity (Wildman–Crippen MR) is 91.2 cm³/mol. The van der Waals surface area contributed by atoms with Crippen molar-refractivity contribution >= 4 is 5.91 Å². The summed E-state index contributed by atoms with van der Waals surface area (Å²) in [6, 6.07) is 3.54. The van der Waals surface area contributed by atoms with Crippen LogP contribution in [-0.2, 0) is 4.74 Å². The minimum absolute atomic E-state index is 0.0669. The van der Waals surface area contributed by atoms with Crippen molar-refractivity contribution in [1.82, 2.24) is 14.8 Å². The summed E-state index contributed by atoms with van der Waals surface area (Å²) in [5.41, 5.74) is 0.821. The van der Waals surface area contributed by atoms with E-state index in [0.717, 1.165) is 45.7 Å². The Balaban J connectivity index is 1.77. The second-order valence-corrected chi connectivity index (χ2v) is 7.21. The van der Waals surface area contributed by atoms with Gasteiger partial charge in [0.1, 0.15) is 0 Å². The number of hydrogen-bond donors (Lipinski definition) is 0. The SMILES string of the molecule is COc1ccc(C(=O)N2C[C@H](CN(C)C)C3(CCOCC3)C2)cn1. The first-order chi connectivity index (χ1) is 11.5. The lowest BCUT2D eigenvalue weighted by atomic mass is 9.72. The van der Waals surface area contributed by atoms with Gasteiger partial charge < -0.3 is 19.3 Å². The van der Waals surface area contributed by atoms with Crippen molar-refractivity contribution in [2.24, 2.45) is 11.3 Å². The summed E-state index contributed by atoms with van der Waals surface area (Å²) < 4.78 is 10.6. The molecular weight excluding hydrogens is 306 g/mol. The molecule has 6 nitrogen and oxygen atoms in total. The molecule has 1 spiro atoms. The quantitative estimate of drug-likeness (QED) is 0.836. The van der Waals surface area contributed by atoms with Gasteiger partial charge in [-0.15, -0.1) is 0 Å². The van der Waals surface area contributed by atoms with Gasteiger partial charge in [0.25, 0.3) is 5.91 Å². The Hall–Kier alpha value is -1.66. The Bertz CT molecular complexity index is 567. The molecule has 2 aliphatic heterocycles. The van der Waals surface area contributed by atoms with Crippen LogP contribution >= 0.6 is 0 Å². The van der Waals surface area contributed by atoms with E-state index >= 15 is 0 Å². The monoisotopic (exact) mass is 333 g/mol. The van der Waals surface area contributed by atoms with E-state index in [-0.39, 0.29) is 11.3 Å². The first-order valence-electron chi connectivity index (χ1n) is 8.56. The molecule has 0 radical (unpaired) electrons. The largest absolute Gasteiger partial charge is 0.481 e. The predicted octanol–water partition coefficient (Wildman–Crippen LogP) is 1.52. The van der Waals surface area contributed by atoms with Crippen molar-refractivity contribution in [3.8, 4) is 5.88 Å². The second kappa shape index (κ2) is 7.07. The lowest BCUT2D eigenvalue weighted by Gasteiger charge is -2.38. The smallest absolute Gasteiger partial charge is 0.255 e. The number of carbonyl (C=O) groups is 1. The third-order valence-electron chi connectivity index (χ3n) is 5.37. The van der Waals surface area contributed by atoms with Crippen LogP contribution in [0.5, 0.6) is 5.88 Å². The first-order valence-corrected chi connectivity index (χ1v) is 8.56. The van der Waals surface area contributed by atoms with E-state index in [1.165, 1.54) is 0 Å². The van der Waals surface area contributed by atoms with Crippen molar-refractivity contribution in [2.45, 2.75) is 12.8 Å². The number of rotatable bonds is 4. The Labute approximate surface area is 143 Å². The number of hydrogen-bond acceptors (Lipinski definition) is 5. The number of methoxy groups -OCH3 is 1. The summed E-state index contributed by atoms with van der Waals surface area (Å²) in [6.45, 7) is 4.24. The molecule has 0 saturated carbocycles. The molecule has 1 aromatic heterocycles. The highest BCUT2D eigenvalue weighted by Gasteiger charge is 2.48. The Morgan fingerprint density at radius 1 is 1.42 bits per heavy atom. The number of ether oxygens (including phenoxy) is 2. The fourth-order valence-corrected chi connectivity index (χ4v) is 4.03. The van der Waals surface area contributed by atoms with Crippen LogP contribution < -0.4 is 4.74 Å². The van der Waals surface area contributed by atoms with Gasteiger partial charge in [-0.2, -0.15) is 0 Å². The molecule has 1 amide bonds. The van der Waals surface area contributed by atoms with E-state index in [4.69, 9.17) is 9.47 Å². The van der Waals surface area contributed by atoms with Crippen molar-refractivity contribution in [3.05, 3.63) is 23.9 Å². The van der Waals surface area contributed by atoms with Gasteiger partial charge in [-0.05, 0) is 44.3 Å². The highest BCUT2D eigenvalue weighted by molar-refractivity contribution is 5.94. The molecule has 0 aliphatic carbocycles. The zero-order chi connectivity index (χ0) is 17.2. The molecule has 24 heavy (non-hydrogen) atoms. The molecule has 0 unspecified atom stereocenters. The molecule has 3 heterocycles. The second-order valence-electron chi connectivity index (χ2n) is 7.21. The van der Waals surface area contributed by atoms with Gasteiger partial charge >= 0.3 is 0 Å². The van der Waals surface area contributed by atoms with Gasteiger partial charge in [0.15, 0.2) is 0 Å². The maximum absolute atomic E-state index is 12.9. The van der Waals surface area contributed by atoms with Crippen LogP contribution in [0.4, 0.5) is 0 Å².